The first-order valence-corrected chi connectivity index (χ1v) is 8.49. The van der Waals surface area contributed by atoms with Crippen molar-refractivity contribution in [1.82, 2.24) is 14.8 Å². The molecule has 0 saturated heterocycles. The third kappa shape index (κ3) is 3.22. The minimum atomic E-state index is -0.386. The zero-order chi connectivity index (χ0) is 18.8. The van der Waals surface area contributed by atoms with Gasteiger partial charge >= 0.3 is 0 Å². The predicted octanol–water partition coefficient (Wildman–Crippen LogP) is 4.25. The smallest absolute Gasteiger partial charge is 0.278 e. The normalized spacial score (nSPS) is 10.9. The Balaban J connectivity index is 1.68. The van der Waals surface area contributed by atoms with Crippen LogP contribution in [0.4, 0.5) is 11.4 Å². The quantitative estimate of drug-likeness (QED) is 0.425. The number of nitro groups is 1. The number of para-hydroxylation sites is 1. The lowest BCUT2D eigenvalue weighted by Gasteiger charge is -2.13. The second kappa shape index (κ2) is 6.87. The molecule has 0 unspecified atom stereocenters. The van der Waals surface area contributed by atoms with Gasteiger partial charge in [0, 0.05) is 42.3 Å². The summed E-state index contributed by atoms with van der Waals surface area (Å²) in [5.41, 5.74) is 3.89. The van der Waals surface area contributed by atoms with Gasteiger partial charge in [-0.1, -0.05) is 18.2 Å². The van der Waals surface area contributed by atoms with Gasteiger partial charge in [-0.05, 0) is 36.8 Å². The number of non-ortho nitro benzene ring substituents is 1. The highest BCUT2D eigenvalue weighted by atomic mass is 16.6. The fourth-order valence-electron chi connectivity index (χ4n) is 3.11. The molecule has 0 aliphatic heterocycles. The van der Waals surface area contributed by atoms with Gasteiger partial charge in [-0.15, -0.1) is 0 Å². The predicted molar refractivity (Wildman–Crippen MR) is 104 cm³/mol. The van der Waals surface area contributed by atoms with Crippen LogP contribution in [-0.2, 0) is 6.54 Å². The molecule has 0 atom stereocenters. The van der Waals surface area contributed by atoms with Crippen molar-refractivity contribution in [2.45, 2.75) is 13.5 Å². The number of nitrogens with zero attached hydrogens (tertiary/aromatic N) is 4. The van der Waals surface area contributed by atoms with Crippen LogP contribution in [0.2, 0.25) is 0 Å². The van der Waals surface area contributed by atoms with Crippen molar-refractivity contribution in [3.63, 3.8) is 0 Å². The number of nitrogens with one attached hydrogen (secondary N) is 1. The molecular formula is C20H17N5O2. The van der Waals surface area contributed by atoms with E-state index in [4.69, 9.17) is 0 Å². The van der Waals surface area contributed by atoms with E-state index < -0.39 is 0 Å². The summed E-state index contributed by atoms with van der Waals surface area (Å²) < 4.78 is 1.85. The van der Waals surface area contributed by atoms with E-state index in [9.17, 15) is 10.1 Å². The van der Waals surface area contributed by atoms with E-state index >= 15 is 0 Å². The van der Waals surface area contributed by atoms with Crippen LogP contribution in [0, 0.1) is 17.0 Å². The maximum Gasteiger partial charge on any atom is 0.278 e. The standard InChI is InChI=1S/C20H17N5O2/c1-14-9-11-24(23-14)19-5-3-2-4-15(19)12-22-18-6-7-20(25(26)27)17-13-21-10-8-16(17)18/h2-11,13,22H,12H2,1H3. The highest BCUT2D eigenvalue weighted by Crippen LogP contribution is 2.31. The highest BCUT2D eigenvalue weighted by Gasteiger charge is 2.14. The molecule has 0 radical (unpaired) electrons. The molecule has 4 rings (SSSR count). The monoisotopic (exact) mass is 359 g/mol. The largest absolute Gasteiger partial charge is 0.380 e. The first-order chi connectivity index (χ1) is 13.1. The molecule has 7 heteroatoms. The third-order valence-corrected chi connectivity index (χ3v) is 4.42. The molecule has 1 N–H and O–H groups in total. The summed E-state index contributed by atoms with van der Waals surface area (Å²) in [5.74, 6) is 0. The van der Waals surface area contributed by atoms with Crippen LogP contribution in [0.25, 0.3) is 16.5 Å². The Labute approximate surface area is 155 Å². The molecule has 0 fully saturated rings. The van der Waals surface area contributed by atoms with Gasteiger partial charge in [0.15, 0.2) is 0 Å². The molecule has 4 aromatic rings. The Kier molecular flexibility index (Phi) is 4.25. The molecule has 0 aliphatic carbocycles. The van der Waals surface area contributed by atoms with Gasteiger partial charge in [-0.25, -0.2) is 4.68 Å². The van der Waals surface area contributed by atoms with E-state index in [0.717, 1.165) is 28.0 Å². The number of anilines is 1. The van der Waals surface area contributed by atoms with Crippen LogP contribution in [-0.4, -0.2) is 19.7 Å². The zero-order valence-corrected chi connectivity index (χ0v) is 14.7. The van der Waals surface area contributed by atoms with Crippen LogP contribution < -0.4 is 5.32 Å². The average molecular weight is 359 g/mol. The number of hydrogen-bond acceptors (Lipinski definition) is 5. The maximum atomic E-state index is 11.3. The molecule has 0 bridgehead atoms. The fourth-order valence-corrected chi connectivity index (χ4v) is 3.11. The van der Waals surface area contributed by atoms with E-state index in [1.54, 1.807) is 18.3 Å². The SMILES string of the molecule is Cc1ccn(-c2ccccc2CNc2ccc([N+](=O)[O-])c3cnccc23)n1. The van der Waals surface area contributed by atoms with Crippen molar-refractivity contribution in [2.75, 3.05) is 5.32 Å². The molecule has 7 nitrogen and oxygen atoms in total. The van der Waals surface area contributed by atoms with E-state index in [2.05, 4.69) is 15.4 Å². The van der Waals surface area contributed by atoms with Gasteiger partial charge in [0.2, 0.25) is 0 Å². The van der Waals surface area contributed by atoms with Crippen molar-refractivity contribution in [2.24, 2.45) is 0 Å². The Hall–Kier alpha value is -3.74. The lowest BCUT2D eigenvalue weighted by molar-refractivity contribution is -0.383. The number of fused-ring (bicyclic) bond motifs is 1. The van der Waals surface area contributed by atoms with Gasteiger partial charge in [0.25, 0.3) is 5.69 Å². The fraction of sp³-hybridized carbons (Fsp3) is 0.100. The van der Waals surface area contributed by atoms with Gasteiger partial charge in [-0.2, -0.15) is 5.10 Å². The Morgan fingerprint density at radius 2 is 1.96 bits per heavy atom. The second-order valence-electron chi connectivity index (χ2n) is 6.19. The summed E-state index contributed by atoms with van der Waals surface area (Å²) in [6.07, 6.45) is 5.10. The number of aryl methyl sites for hydroxylation is 1. The van der Waals surface area contributed by atoms with Gasteiger partial charge in [-0.3, -0.25) is 15.1 Å². The number of rotatable bonds is 5. The van der Waals surface area contributed by atoms with Gasteiger partial charge < -0.3 is 5.32 Å². The molecule has 2 aromatic heterocycles. The van der Waals surface area contributed by atoms with Crippen molar-refractivity contribution < 1.29 is 4.92 Å². The molecule has 27 heavy (non-hydrogen) atoms. The summed E-state index contributed by atoms with van der Waals surface area (Å²) in [6.45, 7) is 2.51. The summed E-state index contributed by atoms with van der Waals surface area (Å²) in [7, 11) is 0. The second-order valence-corrected chi connectivity index (χ2v) is 6.19. The van der Waals surface area contributed by atoms with E-state index in [1.165, 1.54) is 12.3 Å². The first kappa shape index (κ1) is 16.7. The van der Waals surface area contributed by atoms with Crippen molar-refractivity contribution in [3.8, 4) is 5.69 Å². The highest BCUT2D eigenvalue weighted by molar-refractivity contribution is 5.99. The van der Waals surface area contributed by atoms with E-state index in [-0.39, 0.29) is 10.6 Å². The molecule has 0 saturated carbocycles. The Morgan fingerprint density at radius 3 is 2.74 bits per heavy atom. The van der Waals surface area contributed by atoms with Crippen LogP contribution in [0.3, 0.4) is 0 Å². The minimum Gasteiger partial charge on any atom is -0.380 e. The summed E-state index contributed by atoms with van der Waals surface area (Å²) in [5, 5.41) is 20.4. The zero-order valence-electron chi connectivity index (χ0n) is 14.7. The third-order valence-electron chi connectivity index (χ3n) is 4.42. The van der Waals surface area contributed by atoms with E-state index in [1.807, 2.05) is 48.1 Å². The summed E-state index contributed by atoms with van der Waals surface area (Å²) in [6, 6.07) is 15.0. The van der Waals surface area contributed by atoms with E-state index in [0.29, 0.717) is 11.9 Å². The number of hydrogen-bond donors (Lipinski definition) is 1. The van der Waals surface area contributed by atoms with Crippen molar-refractivity contribution in [1.29, 1.82) is 0 Å². The van der Waals surface area contributed by atoms with Crippen LogP contribution in [0.15, 0.2) is 67.1 Å². The first-order valence-electron chi connectivity index (χ1n) is 8.49. The average Bonchev–Trinajstić information content (AvgIpc) is 3.12. The molecule has 2 aromatic carbocycles. The molecular weight excluding hydrogens is 342 g/mol. The maximum absolute atomic E-state index is 11.3. The molecule has 0 spiro atoms. The van der Waals surface area contributed by atoms with Crippen molar-refractivity contribution in [3.05, 3.63) is 88.5 Å². The van der Waals surface area contributed by atoms with Crippen LogP contribution >= 0.6 is 0 Å². The summed E-state index contributed by atoms with van der Waals surface area (Å²) in [4.78, 5) is 14.9. The van der Waals surface area contributed by atoms with Crippen LogP contribution in [0.5, 0.6) is 0 Å². The Bertz CT molecular complexity index is 1140. The summed E-state index contributed by atoms with van der Waals surface area (Å²) >= 11 is 0. The number of benzene rings is 2. The van der Waals surface area contributed by atoms with Gasteiger partial charge in [0.05, 0.1) is 21.7 Å². The van der Waals surface area contributed by atoms with Crippen LogP contribution in [0.1, 0.15) is 11.3 Å². The topological polar surface area (TPSA) is 85.9 Å². The lowest BCUT2D eigenvalue weighted by Crippen LogP contribution is -2.06. The minimum absolute atomic E-state index is 0.0519. The lowest BCUT2D eigenvalue weighted by atomic mass is 10.1. The number of pyridine rings is 1. The van der Waals surface area contributed by atoms with Gasteiger partial charge in [0.1, 0.15) is 0 Å². The molecule has 2 heterocycles. The number of aromatic nitrogens is 3. The van der Waals surface area contributed by atoms with Crippen molar-refractivity contribution >= 4 is 22.1 Å². The molecule has 0 amide bonds. The molecule has 134 valence electrons. The molecule has 0 aliphatic rings. The Morgan fingerprint density at radius 1 is 1.11 bits per heavy atom. The number of nitro benzene ring substituents is 1.